The Morgan fingerprint density at radius 2 is 1.93 bits per heavy atom. The second-order valence-corrected chi connectivity index (χ2v) is 5.10. The number of Topliss-reactive ketones (excluding diaryl/α,β-unsaturated/α-hetero) is 1. The summed E-state index contributed by atoms with van der Waals surface area (Å²) in [5.41, 5.74) is 2.93. The van der Waals surface area contributed by atoms with Crippen molar-refractivity contribution in [2.45, 2.75) is 33.1 Å². The van der Waals surface area contributed by atoms with E-state index in [9.17, 15) is 4.79 Å². The van der Waals surface area contributed by atoms with E-state index in [2.05, 4.69) is 26.8 Å². The summed E-state index contributed by atoms with van der Waals surface area (Å²) in [7, 11) is 0. The van der Waals surface area contributed by atoms with Gasteiger partial charge in [0.15, 0.2) is 6.61 Å². The first-order valence-corrected chi connectivity index (χ1v) is 5.21. The highest BCUT2D eigenvalue weighted by atomic mass is 16.5. The van der Waals surface area contributed by atoms with Crippen LogP contribution in [0.3, 0.4) is 0 Å². The average molecular weight is 204 g/mol. The predicted molar refractivity (Wildman–Crippen MR) is 59.7 cm³/mol. The van der Waals surface area contributed by atoms with Crippen LogP contribution in [0.1, 0.15) is 42.3 Å². The van der Waals surface area contributed by atoms with Gasteiger partial charge < -0.3 is 4.74 Å². The number of ketones is 1. The van der Waals surface area contributed by atoms with Crippen LogP contribution in [0.25, 0.3) is 0 Å². The molecule has 0 atom stereocenters. The minimum absolute atomic E-state index is 0.0163. The van der Waals surface area contributed by atoms with Gasteiger partial charge in [-0.2, -0.15) is 0 Å². The van der Waals surface area contributed by atoms with Crippen LogP contribution in [-0.4, -0.2) is 12.4 Å². The van der Waals surface area contributed by atoms with E-state index in [1.807, 2.05) is 13.0 Å². The second kappa shape index (κ2) is 3.09. The van der Waals surface area contributed by atoms with Gasteiger partial charge in [0.2, 0.25) is 5.78 Å². The quantitative estimate of drug-likeness (QED) is 0.649. The molecule has 0 aliphatic carbocycles. The number of hydrogen-bond donors (Lipinski definition) is 0. The molecule has 2 rings (SSSR count). The lowest BCUT2D eigenvalue weighted by Crippen LogP contribution is -2.12. The van der Waals surface area contributed by atoms with Crippen LogP contribution in [0.4, 0.5) is 0 Å². The van der Waals surface area contributed by atoms with Gasteiger partial charge in [-0.15, -0.1) is 0 Å². The Labute approximate surface area is 90.3 Å². The van der Waals surface area contributed by atoms with Gasteiger partial charge in [-0.05, 0) is 17.9 Å². The zero-order chi connectivity index (χ0) is 11.2. The number of rotatable bonds is 0. The zero-order valence-electron chi connectivity index (χ0n) is 9.68. The van der Waals surface area contributed by atoms with Gasteiger partial charge in [0.05, 0.1) is 5.56 Å². The molecule has 0 saturated heterocycles. The zero-order valence-corrected chi connectivity index (χ0v) is 9.68. The molecule has 0 saturated carbocycles. The molecule has 2 nitrogen and oxygen atoms in total. The Balaban J connectivity index is 2.68. The van der Waals surface area contributed by atoms with Gasteiger partial charge in [-0.25, -0.2) is 0 Å². The average Bonchev–Trinajstić information content (AvgIpc) is 2.47. The Bertz CT molecular complexity index is 425. The third kappa shape index (κ3) is 1.54. The van der Waals surface area contributed by atoms with Gasteiger partial charge in [0, 0.05) is 5.56 Å². The third-order valence-corrected chi connectivity index (χ3v) is 2.80. The van der Waals surface area contributed by atoms with E-state index in [1.54, 1.807) is 0 Å². The summed E-state index contributed by atoms with van der Waals surface area (Å²) in [6.07, 6.45) is 0. The smallest absolute Gasteiger partial charge is 0.204 e. The Kier molecular flexibility index (Phi) is 2.10. The first kappa shape index (κ1) is 10.2. The summed E-state index contributed by atoms with van der Waals surface area (Å²) in [5, 5.41) is 0. The van der Waals surface area contributed by atoms with Crippen LogP contribution in [-0.2, 0) is 5.41 Å². The molecular formula is C13H16O2. The molecule has 0 radical (unpaired) electrons. The van der Waals surface area contributed by atoms with Gasteiger partial charge in [-0.3, -0.25) is 4.79 Å². The summed E-state index contributed by atoms with van der Waals surface area (Å²) in [5.74, 6) is 0.904. The van der Waals surface area contributed by atoms with E-state index in [-0.39, 0.29) is 17.8 Å². The van der Waals surface area contributed by atoms with Crippen LogP contribution in [0.5, 0.6) is 5.75 Å². The second-order valence-electron chi connectivity index (χ2n) is 5.10. The fraction of sp³-hybridized carbons (Fsp3) is 0.462. The van der Waals surface area contributed by atoms with Crippen molar-refractivity contribution >= 4 is 5.78 Å². The van der Waals surface area contributed by atoms with Crippen LogP contribution >= 0.6 is 0 Å². The lowest BCUT2D eigenvalue weighted by Gasteiger charge is -2.21. The van der Waals surface area contributed by atoms with Crippen LogP contribution < -0.4 is 4.74 Å². The molecule has 0 aromatic heterocycles. The first-order chi connectivity index (χ1) is 6.91. The largest absolute Gasteiger partial charge is 0.484 e. The summed E-state index contributed by atoms with van der Waals surface area (Å²) in [6, 6.07) is 4.07. The molecular weight excluding hydrogens is 188 g/mol. The molecule has 0 unspecified atom stereocenters. The van der Waals surface area contributed by atoms with E-state index in [1.165, 1.54) is 0 Å². The van der Waals surface area contributed by atoms with Crippen molar-refractivity contribution in [1.29, 1.82) is 0 Å². The molecule has 0 bridgehead atoms. The normalized spacial score (nSPS) is 15.1. The van der Waals surface area contributed by atoms with Crippen molar-refractivity contribution in [2.75, 3.05) is 6.61 Å². The topological polar surface area (TPSA) is 26.3 Å². The lowest BCUT2D eigenvalue weighted by molar-refractivity contribution is 0.0960. The lowest BCUT2D eigenvalue weighted by atomic mass is 9.84. The van der Waals surface area contributed by atoms with Crippen molar-refractivity contribution < 1.29 is 9.53 Å². The van der Waals surface area contributed by atoms with Gasteiger partial charge in [-0.1, -0.05) is 32.9 Å². The molecule has 80 valence electrons. The maximum Gasteiger partial charge on any atom is 0.204 e. The van der Waals surface area contributed by atoms with Crippen LogP contribution in [0.2, 0.25) is 0 Å². The standard InChI is InChI=1S/C13H16O2/c1-8-5-6-9(13(2,3)4)12-11(8)10(14)7-15-12/h5-6H,7H2,1-4H3. The summed E-state index contributed by atoms with van der Waals surface area (Å²) in [6.45, 7) is 8.54. The van der Waals surface area contributed by atoms with Crippen molar-refractivity contribution in [2.24, 2.45) is 0 Å². The number of hydrogen-bond acceptors (Lipinski definition) is 2. The fourth-order valence-corrected chi connectivity index (χ4v) is 1.98. The van der Waals surface area contributed by atoms with Crippen molar-refractivity contribution in [3.8, 4) is 5.75 Å². The number of aryl methyl sites for hydroxylation is 1. The fourth-order valence-electron chi connectivity index (χ4n) is 1.98. The molecule has 1 aromatic carbocycles. The summed E-state index contributed by atoms with van der Waals surface area (Å²) in [4.78, 5) is 11.6. The molecule has 1 aromatic rings. The van der Waals surface area contributed by atoms with E-state index in [0.717, 1.165) is 22.4 Å². The highest BCUT2D eigenvalue weighted by Crippen LogP contribution is 2.38. The molecule has 0 spiro atoms. The SMILES string of the molecule is Cc1ccc(C(C)(C)C)c2c1C(=O)CO2. The van der Waals surface area contributed by atoms with Gasteiger partial charge in [0.1, 0.15) is 5.75 Å². The van der Waals surface area contributed by atoms with Crippen LogP contribution in [0.15, 0.2) is 12.1 Å². The molecule has 0 amide bonds. The monoisotopic (exact) mass is 204 g/mol. The Morgan fingerprint density at radius 3 is 2.53 bits per heavy atom. The highest BCUT2D eigenvalue weighted by Gasteiger charge is 2.30. The van der Waals surface area contributed by atoms with Crippen molar-refractivity contribution in [3.63, 3.8) is 0 Å². The van der Waals surface area contributed by atoms with Crippen molar-refractivity contribution in [3.05, 3.63) is 28.8 Å². The van der Waals surface area contributed by atoms with Gasteiger partial charge >= 0.3 is 0 Å². The number of ether oxygens (including phenoxy) is 1. The molecule has 1 heterocycles. The highest BCUT2D eigenvalue weighted by molar-refractivity contribution is 6.04. The molecule has 2 heteroatoms. The maximum atomic E-state index is 11.6. The number of carbonyl (C=O) groups is 1. The molecule has 0 fully saturated rings. The number of benzene rings is 1. The Morgan fingerprint density at radius 1 is 1.27 bits per heavy atom. The Hall–Kier alpha value is -1.31. The summed E-state index contributed by atoms with van der Waals surface area (Å²) < 4.78 is 5.50. The number of fused-ring (bicyclic) bond motifs is 1. The molecule has 0 N–H and O–H groups in total. The molecule has 1 aliphatic heterocycles. The van der Waals surface area contributed by atoms with Gasteiger partial charge in [0.25, 0.3) is 0 Å². The van der Waals surface area contributed by atoms with E-state index in [0.29, 0.717) is 0 Å². The first-order valence-electron chi connectivity index (χ1n) is 5.21. The van der Waals surface area contributed by atoms with E-state index < -0.39 is 0 Å². The van der Waals surface area contributed by atoms with E-state index in [4.69, 9.17) is 4.74 Å². The molecule has 1 aliphatic rings. The van der Waals surface area contributed by atoms with Crippen LogP contribution in [0, 0.1) is 6.92 Å². The maximum absolute atomic E-state index is 11.6. The van der Waals surface area contributed by atoms with Crippen molar-refractivity contribution in [1.82, 2.24) is 0 Å². The molecule has 15 heavy (non-hydrogen) atoms. The number of carbonyl (C=O) groups excluding carboxylic acids is 1. The van der Waals surface area contributed by atoms with E-state index >= 15 is 0 Å². The summed E-state index contributed by atoms with van der Waals surface area (Å²) >= 11 is 0. The minimum atomic E-state index is 0.0163. The predicted octanol–water partition coefficient (Wildman–Crippen LogP) is 2.87. The third-order valence-electron chi connectivity index (χ3n) is 2.80. The minimum Gasteiger partial charge on any atom is -0.484 e.